The number of aliphatic hydroxyl groups is 2. The Morgan fingerprint density at radius 2 is 2.14 bits per heavy atom. The fraction of sp³-hybridized carbons (Fsp3) is 0.550. The number of ether oxygens (including phenoxy) is 1. The number of nitrogens with one attached hydrogen (secondary N) is 1. The number of anilines is 1. The molecule has 1 fully saturated rings. The van der Waals surface area contributed by atoms with E-state index in [1.165, 1.54) is 22.7 Å². The molecule has 0 bridgehead atoms. The maximum Gasteiger partial charge on any atom is 0.320 e. The first-order chi connectivity index (χ1) is 16.8. The lowest BCUT2D eigenvalue weighted by molar-refractivity contribution is -0.138. The van der Waals surface area contributed by atoms with Crippen LogP contribution in [-0.4, -0.2) is 92.8 Å². The molecule has 5 atom stereocenters. The second-order valence-electron chi connectivity index (χ2n) is 8.10. The van der Waals surface area contributed by atoms with E-state index >= 15 is 0 Å². The van der Waals surface area contributed by atoms with Crippen molar-refractivity contribution in [3.05, 3.63) is 30.3 Å². The number of aliphatic carboxylic acids is 1. The molecule has 15 heteroatoms. The molecule has 1 unspecified atom stereocenters. The average molecular weight is 527 g/mol. The van der Waals surface area contributed by atoms with Gasteiger partial charge in [0.1, 0.15) is 18.2 Å². The maximum absolute atomic E-state index is 10.8. The van der Waals surface area contributed by atoms with Crippen molar-refractivity contribution in [1.29, 1.82) is 0 Å². The summed E-state index contributed by atoms with van der Waals surface area (Å²) in [6, 6.07) is -0.939. The second kappa shape index (κ2) is 11.5. The minimum Gasteiger partial charge on any atom is -0.480 e. The summed E-state index contributed by atoms with van der Waals surface area (Å²) in [6.07, 6.45) is 3.96. The highest BCUT2D eigenvalue weighted by Gasteiger charge is 2.44. The van der Waals surface area contributed by atoms with Crippen molar-refractivity contribution in [2.75, 3.05) is 23.4 Å². The van der Waals surface area contributed by atoms with Gasteiger partial charge in [0.05, 0.1) is 18.8 Å². The molecule has 6 N–H and O–H groups in total. The SMILES string of the molecule is N[C@@H](CCSC[C@H]1OC(n2cnc3c(NCCCn4ccnc4)nc(Cl)nc32)[C@H](O)[C@@H]1O)C(=O)O. The number of aliphatic hydroxyl groups excluding tert-OH is 2. The van der Waals surface area contributed by atoms with Crippen molar-refractivity contribution in [2.24, 2.45) is 5.73 Å². The number of carbonyl (C=O) groups is 1. The third-order valence-corrected chi connectivity index (χ3v) is 6.88. The molecule has 0 saturated carbocycles. The van der Waals surface area contributed by atoms with Gasteiger partial charge in [0.2, 0.25) is 5.28 Å². The molecule has 35 heavy (non-hydrogen) atoms. The number of hydrogen-bond acceptors (Lipinski definition) is 11. The lowest BCUT2D eigenvalue weighted by atomic mass is 10.1. The number of aromatic nitrogens is 6. The number of halogens is 1. The van der Waals surface area contributed by atoms with Crippen molar-refractivity contribution < 1.29 is 24.9 Å². The minimum absolute atomic E-state index is 0.00581. The monoisotopic (exact) mass is 526 g/mol. The average Bonchev–Trinajstić information content (AvgIpc) is 3.55. The van der Waals surface area contributed by atoms with Gasteiger partial charge in [0.25, 0.3) is 0 Å². The predicted octanol–water partition coefficient (Wildman–Crippen LogP) is 0.333. The van der Waals surface area contributed by atoms with Gasteiger partial charge in [0.15, 0.2) is 23.2 Å². The topological polar surface area (TPSA) is 186 Å². The van der Waals surface area contributed by atoms with E-state index in [1.807, 2.05) is 10.8 Å². The number of fused-ring (bicyclic) bond motifs is 1. The first kappa shape index (κ1) is 25.6. The molecular formula is C20H27ClN8O5S. The molecule has 4 heterocycles. The molecule has 0 spiro atoms. The molecule has 0 radical (unpaired) electrons. The minimum atomic E-state index is -1.22. The Labute approximate surface area is 209 Å². The molecule has 1 saturated heterocycles. The van der Waals surface area contributed by atoms with Crippen LogP contribution in [0.3, 0.4) is 0 Å². The molecule has 0 aliphatic carbocycles. The number of nitrogens with zero attached hydrogens (tertiary/aromatic N) is 6. The Balaban J connectivity index is 1.40. The fourth-order valence-electron chi connectivity index (χ4n) is 3.72. The summed E-state index contributed by atoms with van der Waals surface area (Å²) in [6.45, 7) is 1.39. The van der Waals surface area contributed by atoms with Gasteiger partial charge in [-0.1, -0.05) is 0 Å². The van der Waals surface area contributed by atoms with Gasteiger partial charge in [-0.15, -0.1) is 0 Å². The number of imidazole rings is 2. The van der Waals surface area contributed by atoms with Gasteiger partial charge in [-0.05, 0) is 30.2 Å². The quantitative estimate of drug-likeness (QED) is 0.161. The van der Waals surface area contributed by atoms with E-state index in [-0.39, 0.29) is 11.7 Å². The lowest BCUT2D eigenvalue weighted by Gasteiger charge is -2.17. The van der Waals surface area contributed by atoms with Gasteiger partial charge in [-0.2, -0.15) is 21.7 Å². The zero-order chi connectivity index (χ0) is 24.9. The molecule has 3 aromatic heterocycles. The van der Waals surface area contributed by atoms with Gasteiger partial charge >= 0.3 is 5.97 Å². The summed E-state index contributed by atoms with van der Waals surface area (Å²) in [5, 5.41) is 33.3. The van der Waals surface area contributed by atoms with Crippen LogP contribution in [0.2, 0.25) is 5.28 Å². The van der Waals surface area contributed by atoms with Crippen LogP contribution in [-0.2, 0) is 16.1 Å². The van der Waals surface area contributed by atoms with Crippen LogP contribution in [0.5, 0.6) is 0 Å². The van der Waals surface area contributed by atoms with Crippen LogP contribution in [0, 0.1) is 0 Å². The van der Waals surface area contributed by atoms with Gasteiger partial charge in [0, 0.05) is 31.2 Å². The zero-order valence-electron chi connectivity index (χ0n) is 18.6. The van der Waals surface area contributed by atoms with Crippen molar-refractivity contribution in [2.45, 2.75) is 50.0 Å². The van der Waals surface area contributed by atoms with Crippen molar-refractivity contribution in [1.82, 2.24) is 29.1 Å². The molecule has 0 amide bonds. The van der Waals surface area contributed by atoms with E-state index in [4.69, 9.17) is 27.2 Å². The molecule has 4 rings (SSSR count). The van der Waals surface area contributed by atoms with Crippen LogP contribution in [0.1, 0.15) is 19.1 Å². The first-order valence-electron chi connectivity index (χ1n) is 11.0. The Morgan fingerprint density at radius 1 is 1.31 bits per heavy atom. The van der Waals surface area contributed by atoms with Crippen molar-refractivity contribution in [3.8, 4) is 0 Å². The molecule has 1 aliphatic rings. The number of carboxylic acids is 1. The van der Waals surface area contributed by atoms with Crippen molar-refractivity contribution in [3.63, 3.8) is 0 Å². The number of aryl methyl sites for hydroxylation is 1. The van der Waals surface area contributed by atoms with E-state index in [1.54, 1.807) is 12.5 Å². The molecular weight excluding hydrogens is 500 g/mol. The number of nitrogens with two attached hydrogens (primary N) is 1. The molecule has 190 valence electrons. The Kier molecular flexibility index (Phi) is 8.41. The summed E-state index contributed by atoms with van der Waals surface area (Å²) >= 11 is 7.55. The lowest BCUT2D eigenvalue weighted by Crippen LogP contribution is -2.33. The van der Waals surface area contributed by atoms with Crippen LogP contribution in [0.4, 0.5) is 5.82 Å². The van der Waals surface area contributed by atoms with E-state index in [2.05, 4.69) is 25.3 Å². The third kappa shape index (κ3) is 6.02. The summed E-state index contributed by atoms with van der Waals surface area (Å²) in [5.74, 6) is 0.234. The third-order valence-electron chi connectivity index (χ3n) is 5.62. The Bertz CT molecular complexity index is 1130. The second-order valence-corrected chi connectivity index (χ2v) is 9.59. The molecule has 1 aliphatic heterocycles. The predicted molar refractivity (Wildman–Crippen MR) is 129 cm³/mol. The molecule has 0 aromatic carbocycles. The Hall–Kier alpha value is -2.49. The first-order valence-corrected chi connectivity index (χ1v) is 12.6. The van der Waals surface area contributed by atoms with Gasteiger partial charge in [-0.3, -0.25) is 9.36 Å². The van der Waals surface area contributed by atoms with E-state index in [9.17, 15) is 15.0 Å². The largest absolute Gasteiger partial charge is 0.480 e. The number of hydrogen-bond donors (Lipinski definition) is 5. The fourth-order valence-corrected chi connectivity index (χ4v) is 4.98. The van der Waals surface area contributed by atoms with Crippen LogP contribution in [0.25, 0.3) is 11.2 Å². The Morgan fingerprint density at radius 3 is 2.89 bits per heavy atom. The highest BCUT2D eigenvalue weighted by molar-refractivity contribution is 7.99. The summed E-state index contributed by atoms with van der Waals surface area (Å²) in [4.78, 5) is 27.7. The summed E-state index contributed by atoms with van der Waals surface area (Å²) in [5.41, 5.74) is 6.33. The highest BCUT2D eigenvalue weighted by atomic mass is 35.5. The highest BCUT2D eigenvalue weighted by Crippen LogP contribution is 2.34. The molecule has 3 aromatic rings. The summed E-state index contributed by atoms with van der Waals surface area (Å²) < 4.78 is 9.43. The van der Waals surface area contributed by atoms with E-state index in [0.29, 0.717) is 35.0 Å². The number of carboxylic acid groups (broad SMARTS) is 1. The van der Waals surface area contributed by atoms with Gasteiger partial charge in [-0.25, -0.2) is 9.97 Å². The number of thioether (sulfide) groups is 1. The summed E-state index contributed by atoms with van der Waals surface area (Å²) in [7, 11) is 0. The van der Waals surface area contributed by atoms with Crippen LogP contribution < -0.4 is 11.1 Å². The smallest absolute Gasteiger partial charge is 0.320 e. The standard InChI is InChI=1S/C20H27ClN8O5S/c21-20-26-16(24-3-1-5-28-6-4-23-9-28)13-17(27-20)29(10-25-13)18-15(31)14(30)12(34-18)8-35-7-2-11(22)19(32)33/h4,6,9-12,14-15,18,30-31H,1-3,5,7-8,22H2,(H,32,33)(H,24,26,27)/t11-,12+,14+,15+,18?/m0/s1. The number of rotatable bonds is 12. The zero-order valence-corrected chi connectivity index (χ0v) is 20.2. The normalized spacial score (nSPS) is 23.1. The van der Waals surface area contributed by atoms with E-state index < -0.39 is 36.6 Å². The van der Waals surface area contributed by atoms with Crippen LogP contribution in [0.15, 0.2) is 25.0 Å². The van der Waals surface area contributed by atoms with Crippen molar-refractivity contribution >= 4 is 46.3 Å². The van der Waals surface area contributed by atoms with E-state index in [0.717, 1.165) is 13.0 Å². The molecule has 13 nitrogen and oxygen atoms in total. The maximum atomic E-state index is 10.8. The van der Waals surface area contributed by atoms with Crippen LogP contribution >= 0.6 is 23.4 Å². The van der Waals surface area contributed by atoms with Gasteiger partial charge < -0.3 is 35.7 Å².